The molecule has 0 atom stereocenters. The first-order valence-corrected chi connectivity index (χ1v) is 8.36. The highest BCUT2D eigenvalue weighted by atomic mass is 35.5. The van der Waals surface area contributed by atoms with Crippen molar-refractivity contribution < 1.29 is 13.9 Å². The lowest BCUT2D eigenvalue weighted by Gasteiger charge is -2.37. The van der Waals surface area contributed by atoms with Crippen LogP contribution in [-0.4, -0.2) is 13.2 Å². The van der Waals surface area contributed by atoms with Gasteiger partial charge in [0.15, 0.2) is 6.29 Å². The number of ether oxygens (including phenoxy) is 2. The zero-order valence-corrected chi connectivity index (χ0v) is 13.4. The summed E-state index contributed by atoms with van der Waals surface area (Å²) in [6.45, 7) is 5.25. The topological polar surface area (TPSA) is 18.5 Å². The molecule has 2 fully saturated rings. The zero-order chi connectivity index (χ0) is 15.5. The van der Waals surface area contributed by atoms with E-state index in [4.69, 9.17) is 21.1 Å². The summed E-state index contributed by atoms with van der Waals surface area (Å²) in [7, 11) is 0. The Morgan fingerprint density at radius 2 is 1.77 bits per heavy atom. The lowest BCUT2D eigenvalue weighted by Crippen LogP contribution is -2.34. The van der Waals surface area contributed by atoms with Crippen LogP contribution >= 0.6 is 11.6 Å². The van der Waals surface area contributed by atoms with E-state index in [1.165, 1.54) is 31.7 Å². The van der Waals surface area contributed by atoms with E-state index >= 15 is 0 Å². The van der Waals surface area contributed by atoms with Gasteiger partial charge in [0.1, 0.15) is 5.82 Å². The molecular formula is C18H22ClFO2. The molecule has 2 aliphatic rings. The van der Waals surface area contributed by atoms with Gasteiger partial charge in [0.25, 0.3) is 0 Å². The summed E-state index contributed by atoms with van der Waals surface area (Å²) in [4.78, 5) is 0. The molecule has 1 aromatic carbocycles. The van der Waals surface area contributed by atoms with E-state index in [0.29, 0.717) is 36.5 Å². The number of halogens is 2. The fourth-order valence-corrected chi connectivity index (χ4v) is 3.61. The lowest BCUT2D eigenvalue weighted by molar-refractivity contribution is -0.214. The van der Waals surface area contributed by atoms with Gasteiger partial charge in [0, 0.05) is 11.5 Å². The Morgan fingerprint density at radius 1 is 1.09 bits per heavy atom. The first-order valence-electron chi connectivity index (χ1n) is 7.98. The molecule has 2 nitrogen and oxygen atoms in total. The third-order valence-corrected chi connectivity index (χ3v) is 5.26. The monoisotopic (exact) mass is 324 g/mol. The van der Waals surface area contributed by atoms with E-state index in [2.05, 4.69) is 12.7 Å². The van der Waals surface area contributed by atoms with Gasteiger partial charge in [-0.3, -0.25) is 0 Å². The van der Waals surface area contributed by atoms with E-state index in [1.54, 1.807) is 12.1 Å². The van der Waals surface area contributed by atoms with Gasteiger partial charge >= 0.3 is 0 Å². The molecule has 0 N–H and O–H groups in total. The Kier molecular flexibility index (Phi) is 5.17. The van der Waals surface area contributed by atoms with Crippen LogP contribution in [0.25, 0.3) is 0 Å². The molecule has 1 aliphatic heterocycles. The minimum absolute atomic E-state index is 0.122. The smallest absolute Gasteiger partial charge is 0.183 e. The van der Waals surface area contributed by atoms with E-state index in [-0.39, 0.29) is 5.02 Å². The highest BCUT2D eigenvalue weighted by Gasteiger charge is 2.32. The second-order valence-corrected chi connectivity index (χ2v) is 6.75. The van der Waals surface area contributed by atoms with Gasteiger partial charge < -0.3 is 9.47 Å². The second-order valence-electron chi connectivity index (χ2n) is 6.34. The fraction of sp³-hybridized carbons (Fsp3) is 0.556. The maximum atomic E-state index is 13.5. The molecule has 0 spiro atoms. The van der Waals surface area contributed by atoms with E-state index in [9.17, 15) is 4.39 Å². The van der Waals surface area contributed by atoms with Crippen molar-refractivity contribution in [1.82, 2.24) is 0 Å². The van der Waals surface area contributed by atoms with Crippen molar-refractivity contribution in [1.29, 1.82) is 0 Å². The van der Waals surface area contributed by atoms with E-state index in [1.807, 2.05) is 0 Å². The molecule has 0 bridgehead atoms. The van der Waals surface area contributed by atoms with Crippen molar-refractivity contribution in [2.24, 2.45) is 17.8 Å². The van der Waals surface area contributed by atoms with Crippen LogP contribution in [-0.2, 0) is 9.47 Å². The minimum Gasteiger partial charge on any atom is -0.348 e. The van der Waals surface area contributed by atoms with E-state index in [0.717, 1.165) is 0 Å². The number of allylic oxidation sites excluding steroid dienone is 1. The minimum atomic E-state index is -0.479. The van der Waals surface area contributed by atoms with Crippen LogP contribution in [0.3, 0.4) is 0 Å². The van der Waals surface area contributed by atoms with Gasteiger partial charge in [-0.25, -0.2) is 4.39 Å². The molecular weight excluding hydrogens is 303 g/mol. The lowest BCUT2D eigenvalue weighted by atomic mass is 9.76. The summed E-state index contributed by atoms with van der Waals surface area (Å²) < 4.78 is 25.2. The summed E-state index contributed by atoms with van der Waals surface area (Å²) in [5.41, 5.74) is 0.690. The molecule has 0 radical (unpaired) electrons. The summed E-state index contributed by atoms with van der Waals surface area (Å²) in [6, 6.07) is 4.69. The van der Waals surface area contributed by atoms with Gasteiger partial charge in [-0.2, -0.15) is 0 Å². The SMILES string of the molecule is C=CC1CCC(C2COC(c3ccc(Cl)c(F)c3)OC2)CC1. The average molecular weight is 325 g/mol. The molecule has 1 aliphatic carbocycles. The number of rotatable bonds is 3. The number of benzene rings is 1. The predicted molar refractivity (Wildman–Crippen MR) is 85.2 cm³/mol. The Balaban J connectivity index is 1.54. The molecule has 22 heavy (non-hydrogen) atoms. The molecule has 1 saturated carbocycles. The Hall–Kier alpha value is -0.900. The molecule has 1 aromatic rings. The summed E-state index contributed by atoms with van der Waals surface area (Å²) in [5.74, 6) is 1.35. The predicted octanol–water partition coefficient (Wildman–Crippen LogP) is 5.13. The van der Waals surface area contributed by atoms with Crippen molar-refractivity contribution in [3.8, 4) is 0 Å². The average Bonchev–Trinajstić information content (AvgIpc) is 2.58. The van der Waals surface area contributed by atoms with Gasteiger partial charge in [-0.15, -0.1) is 6.58 Å². The van der Waals surface area contributed by atoms with Gasteiger partial charge in [-0.1, -0.05) is 23.7 Å². The van der Waals surface area contributed by atoms with Crippen LogP contribution in [0, 0.1) is 23.6 Å². The third-order valence-electron chi connectivity index (χ3n) is 4.96. The van der Waals surface area contributed by atoms with Crippen molar-refractivity contribution in [3.05, 3.63) is 47.3 Å². The first-order chi connectivity index (χ1) is 10.7. The molecule has 0 aromatic heterocycles. The van der Waals surface area contributed by atoms with Crippen LogP contribution in [0.5, 0.6) is 0 Å². The van der Waals surface area contributed by atoms with Gasteiger partial charge in [0.05, 0.1) is 18.2 Å². The fourth-order valence-electron chi connectivity index (χ4n) is 3.49. The standard InChI is InChI=1S/C18H22ClFO2/c1-2-12-3-5-13(6-4-12)15-10-21-18(22-11-15)14-7-8-16(19)17(20)9-14/h2,7-9,12-13,15,18H,1,3-6,10-11H2. The van der Waals surface area contributed by atoms with Crippen LogP contribution in [0.2, 0.25) is 5.02 Å². The Bertz CT molecular complexity index is 518. The Morgan fingerprint density at radius 3 is 2.36 bits per heavy atom. The Labute approximate surface area is 136 Å². The summed E-state index contributed by atoms with van der Waals surface area (Å²) in [5, 5.41) is 0.122. The van der Waals surface area contributed by atoms with Crippen LogP contribution in [0.15, 0.2) is 30.9 Å². The van der Waals surface area contributed by atoms with Gasteiger partial charge in [0.2, 0.25) is 0 Å². The molecule has 0 unspecified atom stereocenters. The third kappa shape index (κ3) is 3.53. The van der Waals surface area contributed by atoms with Crippen molar-refractivity contribution in [3.63, 3.8) is 0 Å². The normalized spacial score (nSPS) is 32.6. The number of hydrogen-bond acceptors (Lipinski definition) is 2. The first kappa shape index (κ1) is 16.0. The largest absolute Gasteiger partial charge is 0.348 e. The van der Waals surface area contributed by atoms with E-state index < -0.39 is 12.1 Å². The second kappa shape index (κ2) is 7.12. The van der Waals surface area contributed by atoms with Crippen molar-refractivity contribution in [2.45, 2.75) is 32.0 Å². The number of hydrogen-bond donors (Lipinski definition) is 0. The van der Waals surface area contributed by atoms with Crippen LogP contribution in [0.1, 0.15) is 37.5 Å². The van der Waals surface area contributed by atoms with Crippen LogP contribution in [0.4, 0.5) is 4.39 Å². The maximum absolute atomic E-state index is 13.5. The van der Waals surface area contributed by atoms with Crippen molar-refractivity contribution >= 4 is 11.6 Å². The summed E-state index contributed by atoms with van der Waals surface area (Å²) in [6.07, 6.45) is 6.47. The molecule has 3 rings (SSSR count). The highest BCUT2D eigenvalue weighted by molar-refractivity contribution is 6.30. The summed E-state index contributed by atoms with van der Waals surface area (Å²) >= 11 is 5.70. The molecule has 4 heteroatoms. The van der Waals surface area contributed by atoms with Gasteiger partial charge in [-0.05, 0) is 49.7 Å². The molecule has 1 heterocycles. The maximum Gasteiger partial charge on any atom is 0.183 e. The van der Waals surface area contributed by atoms with Crippen molar-refractivity contribution in [2.75, 3.05) is 13.2 Å². The zero-order valence-electron chi connectivity index (χ0n) is 12.6. The quantitative estimate of drug-likeness (QED) is 0.717. The molecule has 0 amide bonds. The highest BCUT2D eigenvalue weighted by Crippen LogP contribution is 2.37. The van der Waals surface area contributed by atoms with Crippen LogP contribution < -0.4 is 0 Å². The molecule has 120 valence electrons. The molecule has 1 saturated heterocycles.